The van der Waals surface area contributed by atoms with Gasteiger partial charge in [0.2, 0.25) is 0 Å². The van der Waals surface area contributed by atoms with Crippen LogP contribution >= 0.6 is 0 Å². The third-order valence-electron chi connectivity index (χ3n) is 2.58. The molecule has 1 aliphatic heterocycles. The van der Waals surface area contributed by atoms with Crippen LogP contribution in [0.25, 0.3) is 0 Å². The van der Waals surface area contributed by atoms with Crippen LogP contribution in [0.15, 0.2) is 42.5 Å². The predicted molar refractivity (Wildman–Crippen MR) is 56.9 cm³/mol. The number of rotatable bonds is 3. The van der Waals surface area contributed by atoms with Crippen LogP contribution < -0.4 is 0 Å². The number of aliphatic hydroxyl groups excluding tert-OH is 1. The summed E-state index contributed by atoms with van der Waals surface area (Å²) in [5, 5.41) is 9.12. The van der Waals surface area contributed by atoms with E-state index in [-0.39, 0.29) is 12.6 Å². The first-order valence-electron chi connectivity index (χ1n) is 4.95. The molecule has 1 atom stereocenters. The Balaban J connectivity index is 1.99. The van der Waals surface area contributed by atoms with E-state index >= 15 is 0 Å². The van der Waals surface area contributed by atoms with Crippen molar-refractivity contribution in [1.29, 1.82) is 0 Å². The molecule has 2 heteroatoms. The first-order chi connectivity index (χ1) is 6.90. The molecule has 0 spiro atoms. The summed E-state index contributed by atoms with van der Waals surface area (Å²) in [6.45, 7) is 2.07. The molecule has 0 saturated heterocycles. The molecule has 0 bridgehead atoms. The summed E-state index contributed by atoms with van der Waals surface area (Å²) < 4.78 is 0. The summed E-state index contributed by atoms with van der Waals surface area (Å²) in [7, 11) is 0. The Kier molecular flexibility index (Phi) is 2.96. The second-order valence-electron chi connectivity index (χ2n) is 3.59. The van der Waals surface area contributed by atoms with Crippen LogP contribution in [0.2, 0.25) is 0 Å². The van der Waals surface area contributed by atoms with Gasteiger partial charge in [-0.25, -0.2) is 0 Å². The van der Waals surface area contributed by atoms with Gasteiger partial charge in [-0.15, -0.1) is 0 Å². The standard InChI is InChI=1S/C12H15NO/c14-10-12-7-4-8-13(12)9-11-5-2-1-3-6-11/h1-7,12,14H,8-10H2. The van der Waals surface area contributed by atoms with E-state index in [1.807, 2.05) is 18.2 Å². The second kappa shape index (κ2) is 4.40. The van der Waals surface area contributed by atoms with Crippen LogP contribution in [0.1, 0.15) is 5.56 Å². The smallest absolute Gasteiger partial charge is 0.0622 e. The number of aliphatic hydroxyl groups is 1. The molecule has 0 aliphatic carbocycles. The molecule has 74 valence electrons. The molecule has 2 rings (SSSR count). The fraction of sp³-hybridized carbons (Fsp3) is 0.333. The van der Waals surface area contributed by atoms with Gasteiger partial charge in [0.25, 0.3) is 0 Å². The monoisotopic (exact) mass is 189 g/mol. The molecular weight excluding hydrogens is 174 g/mol. The SMILES string of the molecule is OCC1C=CCN1Cc1ccccc1. The van der Waals surface area contributed by atoms with Crippen molar-refractivity contribution in [3.05, 3.63) is 48.0 Å². The molecule has 14 heavy (non-hydrogen) atoms. The summed E-state index contributed by atoms with van der Waals surface area (Å²) in [6.07, 6.45) is 4.19. The summed E-state index contributed by atoms with van der Waals surface area (Å²) in [5.74, 6) is 0. The van der Waals surface area contributed by atoms with Crippen molar-refractivity contribution in [3.8, 4) is 0 Å². The van der Waals surface area contributed by atoms with E-state index in [0.29, 0.717) is 0 Å². The van der Waals surface area contributed by atoms with Gasteiger partial charge in [-0.05, 0) is 5.56 Å². The van der Waals surface area contributed by atoms with Crippen LogP contribution in [0, 0.1) is 0 Å². The Morgan fingerprint density at radius 1 is 1.29 bits per heavy atom. The minimum Gasteiger partial charge on any atom is -0.394 e. The van der Waals surface area contributed by atoms with E-state index in [1.54, 1.807) is 0 Å². The lowest BCUT2D eigenvalue weighted by molar-refractivity contribution is 0.169. The summed E-state index contributed by atoms with van der Waals surface area (Å²) in [6, 6.07) is 10.6. The fourth-order valence-corrected chi connectivity index (χ4v) is 1.79. The summed E-state index contributed by atoms with van der Waals surface area (Å²) >= 11 is 0. The van der Waals surface area contributed by atoms with E-state index in [1.165, 1.54) is 5.56 Å². The molecule has 1 unspecified atom stereocenters. The summed E-state index contributed by atoms with van der Waals surface area (Å²) in [4.78, 5) is 2.26. The molecule has 1 heterocycles. The van der Waals surface area contributed by atoms with Gasteiger partial charge < -0.3 is 5.11 Å². The van der Waals surface area contributed by atoms with Gasteiger partial charge in [0.1, 0.15) is 0 Å². The van der Waals surface area contributed by atoms with Crippen molar-refractivity contribution in [2.45, 2.75) is 12.6 Å². The van der Waals surface area contributed by atoms with E-state index in [0.717, 1.165) is 13.1 Å². The molecule has 0 aromatic heterocycles. The third kappa shape index (κ3) is 2.03. The Bertz CT molecular complexity index is 307. The van der Waals surface area contributed by atoms with Crippen molar-refractivity contribution in [2.75, 3.05) is 13.2 Å². The van der Waals surface area contributed by atoms with Gasteiger partial charge in [0, 0.05) is 13.1 Å². The van der Waals surface area contributed by atoms with Gasteiger partial charge in [-0.2, -0.15) is 0 Å². The molecule has 1 aromatic carbocycles. The van der Waals surface area contributed by atoms with Crippen molar-refractivity contribution in [3.63, 3.8) is 0 Å². The molecule has 0 amide bonds. The van der Waals surface area contributed by atoms with Crippen LogP contribution in [0.5, 0.6) is 0 Å². The average molecular weight is 189 g/mol. The maximum Gasteiger partial charge on any atom is 0.0622 e. The molecule has 1 aliphatic rings. The molecule has 0 fully saturated rings. The third-order valence-corrected chi connectivity index (χ3v) is 2.58. The molecule has 0 radical (unpaired) electrons. The predicted octanol–water partition coefficient (Wildman–Crippen LogP) is 1.42. The maximum atomic E-state index is 9.12. The van der Waals surface area contributed by atoms with E-state index in [9.17, 15) is 0 Å². The van der Waals surface area contributed by atoms with Gasteiger partial charge >= 0.3 is 0 Å². The van der Waals surface area contributed by atoms with Gasteiger partial charge in [0.15, 0.2) is 0 Å². The molecule has 1 N–H and O–H groups in total. The van der Waals surface area contributed by atoms with Crippen molar-refractivity contribution in [2.24, 2.45) is 0 Å². The number of benzene rings is 1. The lowest BCUT2D eigenvalue weighted by Crippen LogP contribution is -2.32. The fourth-order valence-electron chi connectivity index (χ4n) is 1.79. The minimum atomic E-state index is 0.204. The highest BCUT2D eigenvalue weighted by Crippen LogP contribution is 2.13. The van der Waals surface area contributed by atoms with Gasteiger partial charge in [0.05, 0.1) is 12.6 Å². The largest absolute Gasteiger partial charge is 0.394 e. The lowest BCUT2D eigenvalue weighted by Gasteiger charge is -2.22. The Hall–Kier alpha value is -1.12. The van der Waals surface area contributed by atoms with Crippen LogP contribution in [0.4, 0.5) is 0 Å². The van der Waals surface area contributed by atoms with Crippen molar-refractivity contribution in [1.82, 2.24) is 4.90 Å². The van der Waals surface area contributed by atoms with Crippen LogP contribution in [0.3, 0.4) is 0 Å². The van der Waals surface area contributed by atoms with Crippen LogP contribution in [-0.4, -0.2) is 29.2 Å². The van der Waals surface area contributed by atoms with Crippen LogP contribution in [-0.2, 0) is 6.54 Å². The zero-order valence-corrected chi connectivity index (χ0v) is 8.13. The molecule has 1 aromatic rings. The van der Waals surface area contributed by atoms with E-state index in [2.05, 4.69) is 29.2 Å². The first-order valence-corrected chi connectivity index (χ1v) is 4.95. The van der Waals surface area contributed by atoms with Crippen molar-refractivity contribution < 1.29 is 5.11 Å². The number of hydrogen-bond donors (Lipinski definition) is 1. The highest BCUT2D eigenvalue weighted by atomic mass is 16.3. The minimum absolute atomic E-state index is 0.204. The topological polar surface area (TPSA) is 23.5 Å². The van der Waals surface area contributed by atoms with Gasteiger partial charge in [-0.1, -0.05) is 42.5 Å². The highest BCUT2D eigenvalue weighted by molar-refractivity contribution is 5.16. The quantitative estimate of drug-likeness (QED) is 0.727. The van der Waals surface area contributed by atoms with E-state index < -0.39 is 0 Å². The maximum absolute atomic E-state index is 9.12. The summed E-state index contributed by atoms with van der Waals surface area (Å²) in [5.41, 5.74) is 1.30. The lowest BCUT2D eigenvalue weighted by atomic mass is 10.2. The normalized spacial score (nSPS) is 21.6. The molecule has 0 saturated carbocycles. The first kappa shape index (κ1) is 9.44. The van der Waals surface area contributed by atoms with E-state index in [4.69, 9.17) is 5.11 Å². The van der Waals surface area contributed by atoms with Crippen molar-refractivity contribution >= 4 is 0 Å². The Morgan fingerprint density at radius 2 is 2.07 bits per heavy atom. The zero-order chi connectivity index (χ0) is 9.80. The number of hydrogen-bond acceptors (Lipinski definition) is 2. The number of nitrogens with zero attached hydrogens (tertiary/aromatic N) is 1. The second-order valence-corrected chi connectivity index (χ2v) is 3.59. The highest BCUT2D eigenvalue weighted by Gasteiger charge is 2.18. The Labute approximate surface area is 84.5 Å². The molecule has 2 nitrogen and oxygen atoms in total. The van der Waals surface area contributed by atoms with Gasteiger partial charge in [-0.3, -0.25) is 4.90 Å². The Morgan fingerprint density at radius 3 is 2.79 bits per heavy atom. The average Bonchev–Trinajstić information content (AvgIpc) is 2.67. The zero-order valence-electron chi connectivity index (χ0n) is 8.13. The molecular formula is C12H15NO.